The lowest BCUT2D eigenvalue weighted by Gasteiger charge is -2.23. The molecule has 1 aromatic rings. The number of nitrogens with one attached hydrogen (secondary N) is 3. The molecule has 0 saturated carbocycles. The van der Waals surface area contributed by atoms with Crippen molar-refractivity contribution in [2.45, 2.75) is 39.3 Å². The average molecular weight is 333 g/mol. The van der Waals surface area contributed by atoms with Gasteiger partial charge in [-0.2, -0.15) is 0 Å². The number of ether oxygens (including phenoxy) is 1. The molecule has 1 aromatic carbocycles. The lowest BCUT2D eigenvalue weighted by Crippen LogP contribution is -2.44. The Balaban J connectivity index is 1.78. The largest absolute Gasteiger partial charge is 0.378 e. The van der Waals surface area contributed by atoms with Crippen molar-refractivity contribution in [3.8, 4) is 0 Å². The number of benzene rings is 1. The molecular formula is C18H27N3O3. The van der Waals surface area contributed by atoms with Gasteiger partial charge in [-0.05, 0) is 23.6 Å². The van der Waals surface area contributed by atoms with Gasteiger partial charge in [0.15, 0.2) is 0 Å². The fourth-order valence-corrected chi connectivity index (χ4v) is 2.59. The van der Waals surface area contributed by atoms with Gasteiger partial charge >= 0.3 is 0 Å². The van der Waals surface area contributed by atoms with E-state index in [-0.39, 0.29) is 17.9 Å². The third-order valence-electron chi connectivity index (χ3n) is 3.72. The van der Waals surface area contributed by atoms with Crippen molar-refractivity contribution in [1.82, 2.24) is 10.6 Å². The van der Waals surface area contributed by atoms with Gasteiger partial charge in [-0.15, -0.1) is 0 Å². The fourth-order valence-electron chi connectivity index (χ4n) is 2.59. The summed E-state index contributed by atoms with van der Waals surface area (Å²) in [6, 6.07) is 7.64. The van der Waals surface area contributed by atoms with Gasteiger partial charge < -0.3 is 20.7 Å². The Bertz CT molecular complexity index is 554. The van der Waals surface area contributed by atoms with Crippen molar-refractivity contribution in [2.24, 2.45) is 5.92 Å². The Kier molecular flexibility index (Phi) is 7.21. The van der Waals surface area contributed by atoms with Gasteiger partial charge in [0.05, 0.1) is 13.2 Å². The zero-order valence-corrected chi connectivity index (χ0v) is 14.4. The lowest BCUT2D eigenvalue weighted by atomic mass is 10.1. The van der Waals surface area contributed by atoms with Crippen molar-refractivity contribution in [3.05, 3.63) is 29.8 Å². The molecule has 1 unspecified atom stereocenters. The second-order valence-electron chi connectivity index (χ2n) is 6.55. The lowest BCUT2D eigenvalue weighted by molar-refractivity contribution is -0.122. The van der Waals surface area contributed by atoms with Gasteiger partial charge in [-0.1, -0.05) is 26.0 Å². The molecule has 0 radical (unpaired) electrons. The minimum atomic E-state index is -0.00718. The third kappa shape index (κ3) is 6.68. The van der Waals surface area contributed by atoms with E-state index in [1.165, 1.54) is 0 Å². The van der Waals surface area contributed by atoms with E-state index in [9.17, 15) is 9.59 Å². The summed E-state index contributed by atoms with van der Waals surface area (Å²) in [5.74, 6) is 0.326. The van der Waals surface area contributed by atoms with Crippen LogP contribution < -0.4 is 16.0 Å². The van der Waals surface area contributed by atoms with Gasteiger partial charge in [0.1, 0.15) is 0 Å². The van der Waals surface area contributed by atoms with Crippen LogP contribution in [0.1, 0.15) is 32.3 Å². The molecule has 1 aliphatic rings. The summed E-state index contributed by atoms with van der Waals surface area (Å²) in [6.07, 6.45) is 0.905. The van der Waals surface area contributed by atoms with Gasteiger partial charge in [0, 0.05) is 37.7 Å². The number of carbonyl (C=O) groups excluding carboxylic acids is 2. The van der Waals surface area contributed by atoms with E-state index >= 15 is 0 Å². The van der Waals surface area contributed by atoms with E-state index in [1.54, 1.807) is 0 Å². The minimum absolute atomic E-state index is 0.00718. The van der Waals surface area contributed by atoms with E-state index in [0.29, 0.717) is 38.5 Å². The fraction of sp³-hybridized carbons (Fsp3) is 0.556. The highest BCUT2D eigenvalue weighted by Gasteiger charge is 2.16. The molecule has 1 heterocycles. The van der Waals surface area contributed by atoms with E-state index in [0.717, 1.165) is 17.8 Å². The molecule has 24 heavy (non-hydrogen) atoms. The molecule has 0 aromatic heterocycles. The van der Waals surface area contributed by atoms with Crippen LogP contribution in [-0.4, -0.2) is 37.6 Å². The molecule has 1 saturated heterocycles. The normalized spacial score (nSPS) is 17.5. The van der Waals surface area contributed by atoms with Crippen LogP contribution >= 0.6 is 0 Å². The van der Waals surface area contributed by atoms with E-state index in [2.05, 4.69) is 16.0 Å². The molecule has 2 amide bonds. The molecule has 2 rings (SSSR count). The standard InChI is InChI=1S/C18H27N3O3/c1-13(2)8-18(23)21-15-5-3-4-14(9-15)11-20-17(22)10-16-12-24-7-6-19-16/h3-5,9,13,16,19H,6-8,10-12H2,1-2H3,(H,20,22)(H,21,23). The van der Waals surface area contributed by atoms with Crippen LogP contribution in [0.4, 0.5) is 5.69 Å². The summed E-state index contributed by atoms with van der Waals surface area (Å²) >= 11 is 0. The Hall–Kier alpha value is -1.92. The smallest absolute Gasteiger partial charge is 0.224 e. The van der Waals surface area contributed by atoms with Crippen LogP contribution in [0, 0.1) is 5.92 Å². The molecule has 6 nitrogen and oxygen atoms in total. The van der Waals surface area contributed by atoms with Gasteiger partial charge in [0.2, 0.25) is 11.8 Å². The summed E-state index contributed by atoms with van der Waals surface area (Å²) < 4.78 is 5.34. The highest BCUT2D eigenvalue weighted by Crippen LogP contribution is 2.12. The van der Waals surface area contributed by atoms with Crippen LogP contribution in [-0.2, 0) is 20.9 Å². The van der Waals surface area contributed by atoms with E-state index < -0.39 is 0 Å². The van der Waals surface area contributed by atoms with Crippen LogP contribution in [0.2, 0.25) is 0 Å². The van der Waals surface area contributed by atoms with Crippen molar-refractivity contribution in [2.75, 3.05) is 25.1 Å². The molecule has 3 N–H and O–H groups in total. The maximum Gasteiger partial charge on any atom is 0.224 e. The van der Waals surface area contributed by atoms with E-state index in [4.69, 9.17) is 4.74 Å². The third-order valence-corrected chi connectivity index (χ3v) is 3.72. The molecule has 6 heteroatoms. The zero-order chi connectivity index (χ0) is 17.4. The summed E-state index contributed by atoms with van der Waals surface area (Å²) in [5, 5.41) is 9.06. The maximum atomic E-state index is 12.0. The quantitative estimate of drug-likeness (QED) is 0.709. The summed E-state index contributed by atoms with van der Waals surface area (Å²) in [5.41, 5.74) is 1.72. The Morgan fingerprint density at radius 3 is 2.88 bits per heavy atom. The SMILES string of the molecule is CC(C)CC(=O)Nc1cccc(CNC(=O)CC2COCCN2)c1. The predicted octanol–water partition coefficient (Wildman–Crippen LogP) is 1.67. The predicted molar refractivity (Wildman–Crippen MR) is 93.6 cm³/mol. The number of carbonyl (C=O) groups is 2. The average Bonchev–Trinajstić information content (AvgIpc) is 2.53. The van der Waals surface area contributed by atoms with Crippen molar-refractivity contribution >= 4 is 17.5 Å². The molecular weight excluding hydrogens is 306 g/mol. The second kappa shape index (κ2) is 9.39. The van der Waals surface area contributed by atoms with Crippen molar-refractivity contribution < 1.29 is 14.3 Å². The number of morpholine rings is 1. The number of hydrogen-bond donors (Lipinski definition) is 3. The molecule has 0 spiro atoms. The Morgan fingerprint density at radius 1 is 1.33 bits per heavy atom. The first kappa shape index (κ1) is 18.4. The summed E-state index contributed by atoms with van der Waals surface area (Å²) in [4.78, 5) is 23.8. The molecule has 0 aliphatic carbocycles. The maximum absolute atomic E-state index is 12.0. The first-order valence-electron chi connectivity index (χ1n) is 8.49. The summed E-state index contributed by atoms with van der Waals surface area (Å²) in [7, 11) is 0. The number of rotatable bonds is 7. The number of hydrogen-bond acceptors (Lipinski definition) is 4. The van der Waals surface area contributed by atoms with Crippen LogP contribution in [0.5, 0.6) is 0 Å². The van der Waals surface area contributed by atoms with E-state index in [1.807, 2.05) is 38.1 Å². The monoisotopic (exact) mass is 333 g/mol. The van der Waals surface area contributed by atoms with Gasteiger partial charge in [-0.25, -0.2) is 0 Å². The highest BCUT2D eigenvalue weighted by molar-refractivity contribution is 5.90. The molecule has 132 valence electrons. The van der Waals surface area contributed by atoms with Crippen LogP contribution in [0.25, 0.3) is 0 Å². The Labute approximate surface area is 143 Å². The first-order chi connectivity index (χ1) is 11.5. The molecule has 1 aliphatic heterocycles. The number of anilines is 1. The summed E-state index contributed by atoms with van der Waals surface area (Å²) in [6.45, 7) is 6.53. The van der Waals surface area contributed by atoms with Crippen molar-refractivity contribution in [1.29, 1.82) is 0 Å². The van der Waals surface area contributed by atoms with Gasteiger partial charge in [-0.3, -0.25) is 9.59 Å². The van der Waals surface area contributed by atoms with Gasteiger partial charge in [0.25, 0.3) is 0 Å². The van der Waals surface area contributed by atoms with Crippen molar-refractivity contribution in [3.63, 3.8) is 0 Å². The molecule has 0 bridgehead atoms. The minimum Gasteiger partial charge on any atom is -0.378 e. The number of amides is 2. The zero-order valence-electron chi connectivity index (χ0n) is 14.4. The molecule has 1 atom stereocenters. The highest BCUT2D eigenvalue weighted by atomic mass is 16.5. The Morgan fingerprint density at radius 2 is 2.17 bits per heavy atom. The molecule has 1 fully saturated rings. The second-order valence-corrected chi connectivity index (χ2v) is 6.55. The topological polar surface area (TPSA) is 79.5 Å². The first-order valence-corrected chi connectivity index (χ1v) is 8.49. The van der Waals surface area contributed by atoms with Crippen LogP contribution in [0.15, 0.2) is 24.3 Å². The van der Waals surface area contributed by atoms with Crippen LogP contribution in [0.3, 0.4) is 0 Å².